The molecule has 4 rings (SSSR count). The molecule has 144 valence electrons. The van der Waals surface area contributed by atoms with E-state index in [0.717, 1.165) is 5.56 Å². The van der Waals surface area contributed by atoms with Crippen LogP contribution in [0.15, 0.2) is 52.9 Å². The van der Waals surface area contributed by atoms with Crippen molar-refractivity contribution in [3.63, 3.8) is 0 Å². The maximum Gasteiger partial charge on any atom is 0.291 e. The first-order valence-corrected chi connectivity index (χ1v) is 8.69. The van der Waals surface area contributed by atoms with Crippen LogP contribution in [0.2, 0.25) is 0 Å². The van der Waals surface area contributed by atoms with E-state index in [2.05, 4.69) is 5.32 Å². The topological polar surface area (TPSA) is 79.2 Å². The van der Waals surface area contributed by atoms with E-state index in [1.54, 1.807) is 43.5 Å². The van der Waals surface area contributed by atoms with E-state index in [0.29, 0.717) is 34.4 Å². The maximum absolute atomic E-state index is 12.5. The van der Waals surface area contributed by atoms with Crippen LogP contribution in [0.1, 0.15) is 21.9 Å². The van der Waals surface area contributed by atoms with Crippen LogP contribution in [-0.4, -0.2) is 19.8 Å². The fourth-order valence-corrected chi connectivity index (χ4v) is 2.80. The maximum atomic E-state index is 12.5. The summed E-state index contributed by atoms with van der Waals surface area (Å²) in [5.74, 6) is 2.89. The summed E-state index contributed by atoms with van der Waals surface area (Å²) >= 11 is 0. The zero-order valence-electron chi connectivity index (χ0n) is 15.5. The molecule has 0 saturated carbocycles. The Balaban J connectivity index is 1.40. The number of nitrogens with one attached hydrogen (secondary N) is 1. The van der Waals surface area contributed by atoms with Crippen LogP contribution < -0.4 is 24.3 Å². The molecular formula is C21H19NO6. The molecule has 0 saturated heterocycles. The molecule has 1 amide bonds. The van der Waals surface area contributed by atoms with Gasteiger partial charge in [0.2, 0.25) is 6.79 Å². The third-order valence-corrected chi connectivity index (χ3v) is 4.21. The summed E-state index contributed by atoms with van der Waals surface area (Å²) in [5, 5.41) is 2.81. The van der Waals surface area contributed by atoms with Gasteiger partial charge in [0.15, 0.2) is 17.3 Å². The van der Waals surface area contributed by atoms with Crippen molar-refractivity contribution >= 4 is 11.6 Å². The molecule has 0 spiro atoms. The number of benzene rings is 2. The Morgan fingerprint density at radius 1 is 1.07 bits per heavy atom. The molecule has 0 bridgehead atoms. The van der Waals surface area contributed by atoms with Gasteiger partial charge in [-0.05, 0) is 48.9 Å². The largest absolute Gasteiger partial charge is 0.495 e. The van der Waals surface area contributed by atoms with Gasteiger partial charge >= 0.3 is 0 Å². The van der Waals surface area contributed by atoms with Crippen LogP contribution in [0.5, 0.6) is 23.0 Å². The van der Waals surface area contributed by atoms with Gasteiger partial charge in [-0.25, -0.2) is 0 Å². The van der Waals surface area contributed by atoms with E-state index in [4.69, 9.17) is 23.4 Å². The summed E-state index contributed by atoms with van der Waals surface area (Å²) in [6.07, 6.45) is 0. The molecule has 1 aromatic heterocycles. The standard InChI is InChI=1S/C21H19NO6/c1-13-3-6-17(24-2)16(9-13)22-21(23)19-8-5-15(28-19)11-25-14-4-7-18-20(10-14)27-12-26-18/h3-10H,11-12H2,1-2H3,(H,22,23). The van der Waals surface area contributed by atoms with Gasteiger partial charge < -0.3 is 28.7 Å². The summed E-state index contributed by atoms with van der Waals surface area (Å²) in [5.41, 5.74) is 1.59. The van der Waals surface area contributed by atoms with E-state index in [1.807, 2.05) is 19.1 Å². The molecule has 0 unspecified atom stereocenters. The first-order valence-electron chi connectivity index (χ1n) is 8.69. The minimum absolute atomic E-state index is 0.181. The third-order valence-electron chi connectivity index (χ3n) is 4.21. The molecule has 1 aliphatic heterocycles. The summed E-state index contributed by atoms with van der Waals surface area (Å²) in [6.45, 7) is 2.33. The van der Waals surface area contributed by atoms with E-state index < -0.39 is 0 Å². The van der Waals surface area contributed by atoms with Crippen molar-refractivity contribution in [2.45, 2.75) is 13.5 Å². The lowest BCUT2D eigenvalue weighted by Crippen LogP contribution is -2.12. The van der Waals surface area contributed by atoms with E-state index in [1.165, 1.54) is 0 Å². The Bertz CT molecular complexity index is 1010. The number of fused-ring (bicyclic) bond motifs is 1. The molecule has 2 aromatic carbocycles. The fourth-order valence-electron chi connectivity index (χ4n) is 2.80. The van der Waals surface area contributed by atoms with Crippen molar-refractivity contribution in [3.05, 3.63) is 65.6 Å². The zero-order valence-corrected chi connectivity index (χ0v) is 15.5. The molecule has 3 aromatic rings. The molecule has 0 fully saturated rings. The van der Waals surface area contributed by atoms with Gasteiger partial charge in [-0.2, -0.15) is 0 Å². The average Bonchev–Trinajstić information content (AvgIpc) is 3.35. The van der Waals surface area contributed by atoms with Gasteiger partial charge in [0.05, 0.1) is 12.8 Å². The Kier molecular flexibility index (Phi) is 4.80. The molecule has 1 N–H and O–H groups in total. The highest BCUT2D eigenvalue weighted by atomic mass is 16.7. The van der Waals surface area contributed by atoms with E-state index in [9.17, 15) is 4.79 Å². The van der Waals surface area contributed by atoms with Crippen molar-refractivity contribution in [2.75, 3.05) is 19.2 Å². The SMILES string of the molecule is COc1ccc(C)cc1NC(=O)c1ccc(COc2ccc3c(c2)OCO3)o1. The molecule has 0 atom stereocenters. The highest BCUT2D eigenvalue weighted by Gasteiger charge is 2.16. The molecule has 0 aliphatic carbocycles. The summed E-state index contributed by atoms with van der Waals surface area (Å²) in [4.78, 5) is 12.5. The molecule has 0 radical (unpaired) electrons. The third kappa shape index (κ3) is 3.73. The number of rotatable bonds is 6. The first-order chi connectivity index (χ1) is 13.6. The van der Waals surface area contributed by atoms with Crippen molar-refractivity contribution in [2.24, 2.45) is 0 Å². The second-order valence-corrected chi connectivity index (χ2v) is 6.23. The van der Waals surface area contributed by atoms with Crippen molar-refractivity contribution in [3.8, 4) is 23.0 Å². The highest BCUT2D eigenvalue weighted by Crippen LogP contribution is 2.35. The van der Waals surface area contributed by atoms with Crippen LogP contribution >= 0.6 is 0 Å². The second-order valence-electron chi connectivity index (χ2n) is 6.23. The number of hydrogen-bond donors (Lipinski definition) is 1. The smallest absolute Gasteiger partial charge is 0.291 e. The van der Waals surface area contributed by atoms with Crippen LogP contribution in [-0.2, 0) is 6.61 Å². The molecular weight excluding hydrogens is 362 g/mol. The number of furan rings is 1. The average molecular weight is 381 g/mol. The van der Waals surface area contributed by atoms with Gasteiger partial charge in [-0.15, -0.1) is 0 Å². The summed E-state index contributed by atoms with van der Waals surface area (Å²) < 4.78 is 27.2. The summed E-state index contributed by atoms with van der Waals surface area (Å²) in [7, 11) is 1.55. The lowest BCUT2D eigenvalue weighted by atomic mass is 10.2. The Morgan fingerprint density at radius 2 is 1.93 bits per heavy atom. The Morgan fingerprint density at radius 3 is 2.79 bits per heavy atom. The normalized spacial score (nSPS) is 11.9. The second kappa shape index (κ2) is 7.56. The lowest BCUT2D eigenvalue weighted by molar-refractivity contribution is 0.0992. The number of carbonyl (C=O) groups excluding carboxylic acids is 1. The highest BCUT2D eigenvalue weighted by molar-refractivity contribution is 6.03. The predicted octanol–water partition coefficient (Wildman–Crippen LogP) is 4.16. The Hall–Kier alpha value is -3.61. The fraction of sp³-hybridized carbons (Fsp3) is 0.190. The van der Waals surface area contributed by atoms with Crippen molar-refractivity contribution in [1.29, 1.82) is 0 Å². The van der Waals surface area contributed by atoms with Gasteiger partial charge in [0, 0.05) is 6.07 Å². The first kappa shape index (κ1) is 17.8. The van der Waals surface area contributed by atoms with E-state index in [-0.39, 0.29) is 25.1 Å². The molecule has 2 heterocycles. The van der Waals surface area contributed by atoms with Crippen LogP contribution in [0, 0.1) is 6.92 Å². The number of amides is 1. The van der Waals surface area contributed by atoms with Crippen LogP contribution in [0.3, 0.4) is 0 Å². The number of anilines is 1. The van der Waals surface area contributed by atoms with Crippen LogP contribution in [0.4, 0.5) is 5.69 Å². The summed E-state index contributed by atoms with van der Waals surface area (Å²) in [6, 6.07) is 14.2. The van der Waals surface area contributed by atoms with Gasteiger partial charge in [-0.1, -0.05) is 6.07 Å². The van der Waals surface area contributed by atoms with E-state index >= 15 is 0 Å². The molecule has 7 nitrogen and oxygen atoms in total. The lowest BCUT2D eigenvalue weighted by Gasteiger charge is -2.10. The predicted molar refractivity (Wildman–Crippen MR) is 101 cm³/mol. The zero-order chi connectivity index (χ0) is 19.5. The van der Waals surface area contributed by atoms with Crippen molar-refractivity contribution < 1.29 is 28.2 Å². The monoisotopic (exact) mass is 381 g/mol. The minimum Gasteiger partial charge on any atom is -0.495 e. The number of aryl methyl sites for hydroxylation is 1. The van der Waals surface area contributed by atoms with Gasteiger partial charge in [0.25, 0.3) is 5.91 Å². The number of carbonyl (C=O) groups is 1. The van der Waals surface area contributed by atoms with Gasteiger partial charge in [0.1, 0.15) is 23.9 Å². The van der Waals surface area contributed by atoms with Crippen molar-refractivity contribution in [1.82, 2.24) is 0 Å². The number of ether oxygens (including phenoxy) is 4. The Labute approximate surface area is 161 Å². The minimum atomic E-state index is -0.363. The number of hydrogen-bond acceptors (Lipinski definition) is 6. The molecule has 7 heteroatoms. The van der Waals surface area contributed by atoms with Crippen LogP contribution in [0.25, 0.3) is 0 Å². The molecule has 28 heavy (non-hydrogen) atoms. The molecule has 1 aliphatic rings. The number of methoxy groups -OCH3 is 1. The quantitative estimate of drug-likeness (QED) is 0.691. The van der Waals surface area contributed by atoms with Gasteiger partial charge in [-0.3, -0.25) is 4.79 Å².